The summed E-state index contributed by atoms with van der Waals surface area (Å²) >= 11 is 1.58. The first-order valence-corrected chi connectivity index (χ1v) is 12.6. The predicted molar refractivity (Wildman–Crippen MR) is 119 cm³/mol. The molecule has 0 fully saturated rings. The molecule has 1 aliphatic heterocycles. The molecule has 3 rings (SSSR count). The van der Waals surface area contributed by atoms with Crippen molar-refractivity contribution in [2.45, 2.75) is 23.8 Å². The first-order valence-electron chi connectivity index (χ1n) is 9.68. The number of rotatable bonds is 10. The lowest BCUT2D eigenvalue weighted by molar-refractivity contribution is -0.122. The number of fused-ring (bicyclic) bond motifs is 1. The summed E-state index contributed by atoms with van der Waals surface area (Å²) < 4.78 is 27.8. The second-order valence-corrected chi connectivity index (χ2v) is 9.62. The zero-order valence-electron chi connectivity index (χ0n) is 16.5. The number of carbonyl (C=O) groups is 1. The second-order valence-electron chi connectivity index (χ2n) is 6.93. The summed E-state index contributed by atoms with van der Waals surface area (Å²) in [6, 6.07) is 15.6. The summed E-state index contributed by atoms with van der Waals surface area (Å²) in [5.41, 5.74) is 2.54. The lowest BCUT2D eigenvalue weighted by Gasteiger charge is -2.22. The fourth-order valence-corrected chi connectivity index (χ4v) is 5.13. The maximum atomic E-state index is 12.7. The Labute approximate surface area is 177 Å². The van der Waals surface area contributed by atoms with Gasteiger partial charge >= 0.3 is 0 Å². The summed E-state index contributed by atoms with van der Waals surface area (Å²) in [4.78, 5) is 15.1. The van der Waals surface area contributed by atoms with Gasteiger partial charge < -0.3 is 10.2 Å². The van der Waals surface area contributed by atoms with Gasteiger partial charge in [-0.1, -0.05) is 36.4 Å². The predicted octanol–water partition coefficient (Wildman–Crippen LogP) is 2.27. The molecule has 6 nitrogen and oxygen atoms in total. The summed E-state index contributed by atoms with van der Waals surface area (Å²) in [6.45, 7) is 2.10. The molecule has 0 aromatic heterocycles. The largest absolute Gasteiger partial charge is 0.369 e. The van der Waals surface area contributed by atoms with Gasteiger partial charge in [0.15, 0.2) is 0 Å². The van der Waals surface area contributed by atoms with Crippen molar-refractivity contribution in [2.75, 3.05) is 36.5 Å². The van der Waals surface area contributed by atoms with Crippen LogP contribution in [0.1, 0.15) is 12.0 Å². The van der Waals surface area contributed by atoms with E-state index in [1.165, 1.54) is 23.4 Å². The number of amides is 1. The Balaban J connectivity index is 1.58. The molecule has 1 heterocycles. The number of hydrogen-bond donors (Lipinski definition) is 2. The molecular formula is C21H27N3O3S2. The van der Waals surface area contributed by atoms with E-state index in [4.69, 9.17) is 0 Å². The van der Waals surface area contributed by atoms with E-state index in [0.717, 1.165) is 13.0 Å². The van der Waals surface area contributed by atoms with Gasteiger partial charge in [0.25, 0.3) is 0 Å². The number of hydrogen-bond acceptors (Lipinski definition) is 5. The molecule has 1 atom stereocenters. The topological polar surface area (TPSA) is 78.5 Å². The van der Waals surface area contributed by atoms with Crippen molar-refractivity contribution in [1.82, 2.24) is 10.0 Å². The van der Waals surface area contributed by atoms with Crippen LogP contribution in [0.3, 0.4) is 0 Å². The van der Waals surface area contributed by atoms with Gasteiger partial charge in [0.2, 0.25) is 15.9 Å². The quantitative estimate of drug-likeness (QED) is 0.601. The molecular weight excluding hydrogens is 406 g/mol. The molecule has 1 amide bonds. The Morgan fingerprint density at radius 3 is 2.62 bits per heavy atom. The third-order valence-electron chi connectivity index (χ3n) is 4.94. The monoisotopic (exact) mass is 433 g/mol. The zero-order chi connectivity index (χ0) is 20.7. The van der Waals surface area contributed by atoms with Crippen molar-refractivity contribution in [2.24, 2.45) is 0 Å². The Morgan fingerprint density at radius 1 is 1.14 bits per heavy atom. The third kappa shape index (κ3) is 5.74. The number of nitrogens with zero attached hydrogens (tertiary/aromatic N) is 1. The fourth-order valence-electron chi connectivity index (χ4n) is 3.41. The molecule has 0 spiro atoms. The molecule has 8 heteroatoms. The van der Waals surface area contributed by atoms with E-state index in [-0.39, 0.29) is 10.8 Å². The van der Waals surface area contributed by atoms with Crippen molar-refractivity contribution in [3.05, 3.63) is 60.2 Å². The van der Waals surface area contributed by atoms with E-state index in [1.807, 2.05) is 18.4 Å². The van der Waals surface area contributed by atoms with Gasteiger partial charge in [-0.05, 0) is 48.6 Å². The highest BCUT2D eigenvalue weighted by Gasteiger charge is 2.25. The highest BCUT2D eigenvalue weighted by Crippen LogP contribution is 2.26. The fraction of sp³-hybridized carbons (Fsp3) is 0.381. The minimum absolute atomic E-state index is 0.163. The van der Waals surface area contributed by atoms with E-state index in [9.17, 15) is 13.2 Å². The van der Waals surface area contributed by atoms with Crippen molar-refractivity contribution in [3.63, 3.8) is 0 Å². The highest BCUT2D eigenvalue weighted by molar-refractivity contribution is 7.98. The van der Waals surface area contributed by atoms with Crippen LogP contribution in [0.4, 0.5) is 5.69 Å². The number of benzene rings is 2. The van der Waals surface area contributed by atoms with Crippen LogP contribution in [0.5, 0.6) is 0 Å². The van der Waals surface area contributed by atoms with Crippen LogP contribution in [0.25, 0.3) is 0 Å². The lowest BCUT2D eigenvalue weighted by Crippen LogP contribution is -2.48. The van der Waals surface area contributed by atoms with Gasteiger partial charge in [0, 0.05) is 25.3 Å². The normalized spacial score (nSPS) is 14.4. The first kappa shape index (κ1) is 21.7. The second kappa shape index (κ2) is 10.1. The van der Waals surface area contributed by atoms with E-state index in [1.54, 1.807) is 30.0 Å². The van der Waals surface area contributed by atoms with Crippen LogP contribution in [0.15, 0.2) is 59.5 Å². The Kier molecular flexibility index (Phi) is 7.57. The molecule has 0 bridgehead atoms. The van der Waals surface area contributed by atoms with Crippen molar-refractivity contribution < 1.29 is 13.2 Å². The molecule has 2 aromatic carbocycles. The molecule has 0 aliphatic carbocycles. The van der Waals surface area contributed by atoms with Gasteiger partial charge in [-0.2, -0.15) is 16.5 Å². The van der Waals surface area contributed by atoms with Crippen molar-refractivity contribution >= 4 is 33.4 Å². The van der Waals surface area contributed by atoms with E-state index >= 15 is 0 Å². The number of para-hydroxylation sites is 1. The highest BCUT2D eigenvalue weighted by atomic mass is 32.2. The number of thioether (sulfide) groups is 1. The molecule has 0 unspecified atom stereocenters. The smallest absolute Gasteiger partial charge is 0.241 e. The average Bonchev–Trinajstić information content (AvgIpc) is 3.15. The standard InChI is InChI=1S/C21H27N3O3S2/c1-28-16-12-19(23-29(26,27)18-8-3-2-4-9-18)21(25)22-13-15-24-14-11-17-7-5-6-10-20(17)24/h2-10,19,23H,11-16H2,1H3,(H,22,25)/t19-/m0/s1. The summed E-state index contributed by atoms with van der Waals surface area (Å²) in [7, 11) is -3.75. The summed E-state index contributed by atoms with van der Waals surface area (Å²) in [6.07, 6.45) is 3.38. The van der Waals surface area contributed by atoms with E-state index in [2.05, 4.69) is 27.1 Å². The average molecular weight is 434 g/mol. The van der Waals surface area contributed by atoms with Gasteiger partial charge in [0.05, 0.1) is 4.90 Å². The number of anilines is 1. The van der Waals surface area contributed by atoms with Crippen LogP contribution >= 0.6 is 11.8 Å². The van der Waals surface area contributed by atoms with Gasteiger partial charge in [-0.3, -0.25) is 4.79 Å². The van der Waals surface area contributed by atoms with Gasteiger partial charge in [-0.25, -0.2) is 8.42 Å². The lowest BCUT2D eigenvalue weighted by atomic mass is 10.2. The first-order chi connectivity index (χ1) is 14.0. The molecule has 0 saturated carbocycles. The maximum Gasteiger partial charge on any atom is 0.241 e. The van der Waals surface area contributed by atoms with Gasteiger partial charge in [0.1, 0.15) is 6.04 Å². The third-order valence-corrected chi connectivity index (χ3v) is 7.07. The molecule has 156 valence electrons. The van der Waals surface area contributed by atoms with Crippen molar-refractivity contribution in [1.29, 1.82) is 0 Å². The van der Waals surface area contributed by atoms with E-state index in [0.29, 0.717) is 25.3 Å². The molecule has 2 aromatic rings. The Hall–Kier alpha value is -2.03. The van der Waals surface area contributed by atoms with Crippen LogP contribution in [-0.2, 0) is 21.2 Å². The Morgan fingerprint density at radius 2 is 1.86 bits per heavy atom. The number of carbonyl (C=O) groups excluding carboxylic acids is 1. The zero-order valence-corrected chi connectivity index (χ0v) is 18.1. The van der Waals surface area contributed by atoms with Crippen LogP contribution in [0, 0.1) is 0 Å². The van der Waals surface area contributed by atoms with Crippen LogP contribution in [0.2, 0.25) is 0 Å². The summed E-state index contributed by atoms with van der Waals surface area (Å²) in [5, 5.41) is 2.91. The molecule has 0 saturated heterocycles. The maximum absolute atomic E-state index is 12.7. The van der Waals surface area contributed by atoms with Crippen LogP contribution < -0.4 is 14.9 Å². The Bertz CT molecular complexity index is 920. The molecule has 1 aliphatic rings. The van der Waals surface area contributed by atoms with Crippen molar-refractivity contribution in [3.8, 4) is 0 Å². The van der Waals surface area contributed by atoms with Gasteiger partial charge in [-0.15, -0.1) is 0 Å². The minimum atomic E-state index is -3.75. The van der Waals surface area contributed by atoms with E-state index < -0.39 is 16.1 Å². The number of sulfonamides is 1. The SMILES string of the molecule is CSCC[C@H](NS(=O)(=O)c1ccccc1)C(=O)NCCN1CCc2ccccc21. The molecule has 2 N–H and O–H groups in total. The summed E-state index contributed by atoms with van der Waals surface area (Å²) in [5.74, 6) is 0.403. The number of nitrogens with one attached hydrogen (secondary N) is 2. The van der Waals surface area contributed by atoms with Crippen LogP contribution in [-0.4, -0.2) is 52.0 Å². The minimum Gasteiger partial charge on any atom is -0.369 e. The molecule has 0 radical (unpaired) electrons. The molecule has 29 heavy (non-hydrogen) atoms.